The summed E-state index contributed by atoms with van der Waals surface area (Å²) in [6.07, 6.45) is 5.75. The Bertz CT molecular complexity index is 587. The van der Waals surface area contributed by atoms with E-state index in [2.05, 4.69) is 17.1 Å². The maximum absolute atomic E-state index is 6.34. The third kappa shape index (κ3) is 3.33. The number of fused-ring (bicyclic) bond motifs is 1. The second kappa shape index (κ2) is 6.59. The molecule has 1 aromatic heterocycles. The van der Waals surface area contributed by atoms with Gasteiger partial charge >= 0.3 is 0 Å². The SMILES string of the molecule is Clc1nc(CSc2ccccc2)nc2c1CCCCC2. The van der Waals surface area contributed by atoms with Gasteiger partial charge in [0.2, 0.25) is 0 Å². The number of benzene rings is 1. The van der Waals surface area contributed by atoms with Gasteiger partial charge < -0.3 is 0 Å². The minimum atomic E-state index is 0.667. The van der Waals surface area contributed by atoms with E-state index < -0.39 is 0 Å². The number of hydrogen-bond donors (Lipinski definition) is 0. The van der Waals surface area contributed by atoms with Gasteiger partial charge in [0.15, 0.2) is 0 Å². The van der Waals surface area contributed by atoms with Crippen LogP contribution in [0, 0.1) is 0 Å². The van der Waals surface area contributed by atoms with Crippen LogP contribution in [0.25, 0.3) is 0 Å². The van der Waals surface area contributed by atoms with E-state index in [9.17, 15) is 0 Å². The summed E-state index contributed by atoms with van der Waals surface area (Å²) in [6, 6.07) is 10.3. The molecule has 1 aliphatic carbocycles. The highest BCUT2D eigenvalue weighted by Gasteiger charge is 2.15. The maximum Gasteiger partial charge on any atom is 0.140 e. The van der Waals surface area contributed by atoms with Crippen LogP contribution in [0.5, 0.6) is 0 Å². The lowest BCUT2D eigenvalue weighted by Crippen LogP contribution is -2.04. The predicted octanol–water partition coefficient (Wildman–Crippen LogP) is 4.69. The number of rotatable bonds is 3. The molecule has 0 unspecified atom stereocenters. The Morgan fingerprint density at radius 2 is 1.80 bits per heavy atom. The molecule has 0 fully saturated rings. The summed E-state index contributed by atoms with van der Waals surface area (Å²) < 4.78 is 0. The summed E-state index contributed by atoms with van der Waals surface area (Å²) in [5.41, 5.74) is 2.35. The van der Waals surface area contributed by atoms with Gasteiger partial charge in [-0.05, 0) is 37.8 Å². The van der Waals surface area contributed by atoms with Crippen molar-refractivity contribution in [1.29, 1.82) is 0 Å². The van der Waals surface area contributed by atoms with Crippen molar-refractivity contribution in [2.75, 3.05) is 0 Å². The summed E-state index contributed by atoms with van der Waals surface area (Å²) in [4.78, 5) is 10.4. The second-order valence-corrected chi connectivity index (χ2v) is 6.43. The number of nitrogens with zero attached hydrogens (tertiary/aromatic N) is 2. The predicted molar refractivity (Wildman–Crippen MR) is 84.3 cm³/mol. The minimum Gasteiger partial charge on any atom is -0.237 e. The standard InChI is InChI=1S/C16H17ClN2S/c17-16-13-9-5-2-6-10-14(13)18-15(19-16)11-20-12-7-3-1-4-8-12/h1,3-4,7-8H,2,5-6,9-11H2. The monoisotopic (exact) mass is 304 g/mol. The molecule has 0 amide bonds. The number of halogens is 1. The molecule has 4 heteroatoms. The smallest absolute Gasteiger partial charge is 0.140 e. The lowest BCUT2D eigenvalue weighted by Gasteiger charge is -2.09. The fraction of sp³-hybridized carbons (Fsp3) is 0.375. The first kappa shape index (κ1) is 13.9. The van der Waals surface area contributed by atoms with Gasteiger partial charge in [0, 0.05) is 16.2 Å². The zero-order valence-electron chi connectivity index (χ0n) is 11.3. The molecule has 0 saturated carbocycles. The van der Waals surface area contributed by atoms with Crippen molar-refractivity contribution in [2.24, 2.45) is 0 Å². The summed E-state index contributed by atoms with van der Waals surface area (Å²) in [6.45, 7) is 0. The zero-order valence-corrected chi connectivity index (χ0v) is 12.9. The molecular weight excluding hydrogens is 288 g/mol. The fourth-order valence-corrected chi connectivity index (χ4v) is 3.58. The zero-order chi connectivity index (χ0) is 13.8. The Labute approximate surface area is 129 Å². The molecule has 0 bridgehead atoms. The molecule has 104 valence electrons. The van der Waals surface area contributed by atoms with Gasteiger partial charge in [0.05, 0.1) is 5.75 Å². The number of hydrogen-bond acceptors (Lipinski definition) is 3. The van der Waals surface area contributed by atoms with E-state index in [1.54, 1.807) is 11.8 Å². The number of thioether (sulfide) groups is 1. The summed E-state index contributed by atoms with van der Waals surface area (Å²) in [5, 5.41) is 0.667. The van der Waals surface area contributed by atoms with Gasteiger partial charge in [0.25, 0.3) is 0 Å². The van der Waals surface area contributed by atoms with Gasteiger partial charge in [-0.1, -0.05) is 36.2 Å². The van der Waals surface area contributed by atoms with Crippen LogP contribution in [0.2, 0.25) is 5.15 Å². The van der Waals surface area contributed by atoms with Crippen molar-refractivity contribution in [2.45, 2.75) is 42.8 Å². The lowest BCUT2D eigenvalue weighted by molar-refractivity contribution is 0.708. The van der Waals surface area contributed by atoms with Crippen LogP contribution in [0.1, 0.15) is 36.3 Å². The molecule has 20 heavy (non-hydrogen) atoms. The van der Waals surface area contributed by atoms with E-state index in [4.69, 9.17) is 16.6 Å². The van der Waals surface area contributed by atoms with Gasteiger partial charge in [-0.3, -0.25) is 0 Å². The number of aryl methyl sites for hydroxylation is 1. The van der Waals surface area contributed by atoms with Crippen molar-refractivity contribution >= 4 is 23.4 Å². The average Bonchev–Trinajstić information content (AvgIpc) is 2.72. The van der Waals surface area contributed by atoms with Crippen molar-refractivity contribution in [1.82, 2.24) is 9.97 Å². The third-order valence-corrected chi connectivity index (χ3v) is 4.86. The molecule has 3 rings (SSSR count). The first-order chi connectivity index (χ1) is 9.83. The van der Waals surface area contributed by atoms with E-state index >= 15 is 0 Å². The van der Waals surface area contributed by atoms with Crippen LogP contribution in [0.4, 0.5) is 0 Å². The Kier molecular flexibility index (Phi) is 4.58. The molecule has 0 aliphatic heterocycles. The molecule has 1 aliphatic rings. The van der Waals surface area contributed by atoms with E-state index in [-0.39, 0.29) is 0 Å². The third-order valence-electron chi connectivity index (χ3n) is 3.54. The van der Waals surface area contributed by atoms with Crippen LogP contribution in [-0.2, 0) is 18.6 Å². The molecule has 2 nitrogen and oxygen atoms in total. The fourth-order valence-electron chi connectivity index (χ4n) is 2.50. The topological polar surface area (TPSA) is 25.8 Å². The van der Waals surface area contributed by atoms with Crippen molar-refractivity contribution in [3.8, 4) is 0 Å². The molecule has 2 aromatic rings. The van der Waals surface area contributed by atoms with Gasteiger partial charge in [-0.25, -0.2) is 9.97 Å². The summed E-state index contributed by atoms with van der Waals surface area (Å²) >= 11 is 8.10. The number of aromatic nitrogens is 2. The van der Waals surface area contributed by atoms with Crippen LogP contribution in [0.3, 0.4) is 0 Å². The van der Waals surface area contributed by atoms with Gasteiger partial charge in [-0.15, -0.1) is 11.8 Å². The van der Waals surface area contributed by atoms with Crippen molar-refractivity contribution < 1.29 is 0 Å². The first-order valence-electron chi connectivity index (χ1n) is 7.05. The molecule has 0 spiro atoms. The van der Waals surface area contributed by atoms with Gasteiger partial charge in [0.1, 0.15) is 11.0 Å². The molecule has 0 atom stereocenters. The normalized spacial score (nSPS) is 14.7. The highest BCUT2D eigenvalue weighted by molar-refractivity contribution is 7.98. The molecule has 0 radical (unpaired) electrons. The lowest BCUT2D eigenvalue weighted by atomic mass is 10.1. The summed E-state index contributed by atoms with van der Waals surface area (Å²) in [7, 11) is 0. The first-order valence-corrected chi connectivity index (χ1v) is 8.41. The Hall–Kier alpha value is -1.06. The van der Waals surface area contributed by atoms with Crippen LogP contribution >= 0.6 is 23.4 Å². The van der Waals surface area contributed by atoms with Crippen LogP contribution < -0.4 is 0 Å². The highest BCUT2D eigenvalue weighted by Crippen LogP contribution is 2.27. The molecule has 1 heterocycles. The summed E-state index contributed by atoms with van der Waals surface area (Å²) in [5.74, 6) is 1.63. The molecule has 0 saturated heterocycles. The van der Waals surface area contributed by atoms with E-state index in [0.717, 1.165) is 24.4 Å². The van der Waals surface area contributed by atoms with E-state index in [1.807, 2.05) is 18.2 Å². The van der Waals surface area contributed by atoms with Gasteiger partial charge in [-0.2, -0.15) is 0 Å². The second-order valence-electron chi connectivity index (χ2n) is 5.02. The molecule has 0 N–H and O–H groups in total. The van der Waals surface area contributed by atoms with E-state index in [1.165, 1.54) is 35.4 Å². The van der Waals surface area contributed by atoms with Crippen molar-refractivity contribution in [3.63, 3.8) is 0 Å². The molecule has 1 aromatic carbocycles. The Morgan fingerprint density at radius 3 is 2.65 bits per heavy atom. The quantitative estimate of drug-likeness (QED) is 0.467. The molecular formula is C16H17ClN2S. The highest BCUT2D eigenvalue weighted by atomic mass is 35.5. The maximum atomic E-state index is 6.34. The van der Waals surface area contributed by atoms with Crippen LogP contribution in [0.15, 0.2) is 35.2 Å². The largest absolute Gasteiger partial charge is 0.237 e. The average molecular weight is 305 g/mol. The van der Waals surface area contributed by atoms with Crippen molar-refractivity contribution in [3.05, 3.63) is 52.6 Å². The van der Waals surface area contributed by atoms with E-state index in [0.29, 0.717) is 5.15 Å². The van der Waals surface area contributed by atoms with Crippen LogP contribution in [-0.4, -0.2) is 9.97 Å². The Balaban J connectivity index is 1.77. The Morgan fingerprint density at radius 1 is 1.00 bits per heavy atom. The minimum absolute atomic E-state index is 0.667.